The minimum atomic E-state index is -0.328. The van der Waals surface area contributed by atoms with Gasteiger partial charge >= 0.3 is 0 Å². The summed E-state index contributed by atoms with van der Waals surface area (Å²) in [5, 5.41) is 2.96. The van der Waals surface area contributed by atoms with Gasteiger partial charge in [0.1, 0.15) is 11.6 Å². The predicted octanol–water partition coefficient (Wildman–Crippen LogP) is 0.377. The monoisotopic (exact) mass is 195 g/mol. The molecule has 0 aliphatic rings. The Hall–Kier alpha value is -1.78. The molecule has 1 amide bonds. The molecule has 1 aromatic rings. The summed E-state index contributed by atoms with van der Waals surface area (Å²) in [6.07, 6.45) is 1.90. The van der Waals surface area contributed by atoms with Gasteiger partial charge in [-0.15, -0.1) is 0 Å². The van der Waals surface area contributed by atoms with Crippen molar-refractivity contribution in [2.45, 2.75) is 6.42 Å². The lowest BCUT2D eigenvalue weighted by molar-refractivity contribution is -0.117. The minimum absolute atomic E-state index is 0.299. The fraction of sp³-hybridized carbons (Fsp3) is 0.333. The van der Waals surface area contributed by atoms with E-state index in [0.29, 0.717) is 24.5 Å². The average Bonchev–Trinajstić information content (AvgIpc) is 2.18. The summed E-state index contributed by atoms with van der Waals surface area (Å²) in [5.74, 6) is 1.07. The van der Waals surface area contributed by atoms with E-state index in [0.717, 1.165) is 0 Å². The Balaban J connectivity index is 2.40. The number of carbonyl (C=O) groups is 1. The van der Waals surface area contributed by atoms with Crippen molar-refractivity contribution in [1.29, 1.82) is 0 Å². The van der Waals surface area contributed by atoms with Gasteiger partial charge in [-0.25, -0.2) is 4.98 Å². The van der Waals surface area contributed by atoms with Crippen molar-refractivity contribution in [2.75, 3.05) is 19.0 Å². The smallest absolute Gasteiger partial charge is 0.219 e. The van der Waals surface area contributed by atoms with Crippen LogP contribution in [0.4, 0.5) is 5.82 Å². The maximum absolute atomic E-state index is 10.4. The molecule has 0 fully saturated rings. The van der Waals surface area contributed by atoms with Gasteiger partial charge in [0.2, 0.25) is 5.91 Å². The minimum Gasteiger partial charge on any atom is -0.495 e. The largest absolute Gasteiger partial charge is 0.495 e. The SMILES string of the molecule is COc1ccc(NCCC(N)=O)nc1. The van der Waals surface area contributed by atoms with Crippen LogP contribution >= 0.6 is 0 Å². The molecule has 0 unspecified atom stereocenters. The number of ether oxygens (including phenoxy) is 1. The number of pyridine rings is 1. The number of carbonyl (C=O) groups excluding carboxylic acids is 1. The van der Waals surface area contributed by atoms with E-state index in [-0.39, 0.29) is 5.91 Å². The number of nitrogens with one attached hydrogen (secondary N) is 1. The molecule has 5 heteroatoms. The van der Waals surface area contributed by atoms with Crippen LogP contribution in [0.25, 0.3) is 0 Å². The van der Waals surface area contributed by atoms with Gasteiger partial charge in [-0.1, -0.05) is 0 Å². The third kappa shape index (κ3) is 3.30. The molecule has 0 bridgehead atoms. The first kappa shape index (κ1) is 10.3. The highest BCUT2D eigenvalue weighted by Crippen LogP contribution is 2.10. The fourth-order valence-corrected chi connectivity index (χ4v) is 0.919. The number of hydrogen-bond acceptors (Lipinski definition) is 4. The molecule has 0 radical (unpaired) electrons. The van der Waals surface area contributed by atoms with Crippen LogP contribution in [-0.4, -0.2) is 24.5 Å². The van der Waals surface area contributed by atoms with Crippen molar-refractivity contribution in [2.24, 2.45) is 5.73 Å². The molecule has 0 saturated heterocycles. The Labute approximate surface area is 82.3 Å². The Morgan fingerprint density at radius 2 is 2.43 bits per heavy atom. The molecule has 1 rings (SSSR count). The Morgan fingerprint density at radius 3 is 2.93 bits per heavy atom. The third-order valence-electron chi connectivity index (χ3n) is 1.65. The number of nitrogens with two attached hydrogens (primary N) is 1. The van der Waals surface area contributed by atoms with Crippen LogP contribution in [0.2, 0.25) is 0 Å². The quantitative estimate of drug-likeness (QED) is 0.712. The highest BCUT2D eigenvalue weighted by molar-refractivity contribution is 5.74. The van der Waals surface area contributed by atoms with E-state index in [9.17, 15) is 4.79 Å². The Kier molecular flexibility index (Phi) is 3.72. The number of hydrogen-bond donors (Lipinski definition) is 2. The van der Waals surface area contributed by atoms with Crippen molar-refractivity contribution in [3.63, 3.8) is 0 Å². The van der Waals surface area contributed by atoms with E-state index in [1.807, 2.05) is 0 Å². The van der Waals surface area contributed by atoms with Gasteiger partial charge in [-0.3, -0.25) is 4.79 Å². The first-order chi connectivity index (χ1) is 6.72. The number of methoxy groups -OCH3 is 1. The fourth-order valence-electron chi connectivity index (χ4n) is 0.919. The molecule has 0 saturated carbocycles. The number of anilines is 1. The molecule has 3 N–H and O–H groups in total. The van der Waals surface area contributed by atoms with Gasteiger partial charge in [0.15, 0.2) is 0 Å². The molecule has 1 aromatic heterocycles. The van der Waals surface area contributed by atoms with Gasteiger partial charge in [0.05, 0.1) is 13.3 Å². The molecular weight excluding hydrogens is 182 g/mol. The maximum Gasteiger partial charge on any atom is 0.219 e. The van der Waals surface area contributed by atoms with Crippen molar-refractivity contribution < 1.29 is 9.53 Å². The van der Waals surface area contributed by atoms with E-state index >= 15 is 0 Å². The first-order valence-corrected chi connectivity index (χ1v) is 4.24. The Bertz CT molecular complexity index is 297. The van der Waals surface area contributed by atoms with Crippen molar-refractivity contribution in [3.05, 3.63) is 18.3 Å². The topological polar surface area (TPSA) is 77.2 Å². The van der Waals surface area contributed by atoms with Crippen LogP contribution in [0, 0.1) is 0 Å². The molecule has 0 aliphatic carbocycles. The molecule has 0 atom stereocenters. The summed E-state index contributed by atoms with van der Waals surface area (Å²) in [4.78, 5) is 14.5. The second kappa shape index (κ2) is 5.06. The number of rotatable bonds is 5. The highest BCUT2D eigenvalue weighted by atomic mass is 16.5. The lowest BCUT2D eigenvalue weighted by atomic mass is 10.4. The van der Waals surface area contributed by atoms with Gasteiger partial charge < -0.3 is 15.8 Å². The van der Waals surface area contributed by atoms with Crippen LogP contribution in [0.5, 0.6) is 5.75 Å². The zero-order chi connectivity index (χ0) is 10.4. The summed E-state index contributed by atoms with van der Waals surface area (Å²) >= 11 is 0. The van der Waals surface area contributed by atoms with Gasteiger partial charge in [0.25, 0.3) is 0 Å². The van der Waals surface area contributed by atoms with Gasteiger partial charge in [0, 0.05) is 13.0 Å². The summed E-state index contributed by atoms with van der Waals surface area (Å²) in [6.45, 7) is 0.495. The van der Waals surface area contributed by atoms with Gasteiger partial charge in [-0.2, -0.15) is 0 Å². The number of nitrogens with zero attached hydrogens (tertiary/aromatic N) is 1. The zero-order valence-corrected chi connectivity index (χ0v) is 7.99. The average molecular weight is 195 g/mol. The van der Waals surface area contributed by atoms with Gasteiger partial charge in [-0.05, 0) is 12.1 Å². The summed E-state index contributed by atoms with van der Waals surface area (Å²) in [5.41, 5.74) is 4.98. The number of primary amides is 1. The van der Waals surface area contributed by atoms with Crippen molar-refractivity contribution in [3.8, 4) is 5.75 Å². The van der Waals surface area contributed by atoms with Crippen LogP contribution in [0.3, 0.4) is 0 Å². The molecule has 0 aromatic carbocycles. The maximum atomic E-state index is 10.4. The van der Waals surface area contributed by atoms with Crippen LogP contribution in [0.15, 0.2) is 18.3 Å². The zero-order valence-electron chi connectivity index (χ0n) is 7.99. The standard InChI is InChI=1S/C9H13N3O2/c1-14-7-2-3-9(12-6-7)11-5-4-8(10)13/h2-3,6H,4-5H2,1H3,(H2,10,13)(H,11,12). The molecule has 5 nitrogen and oxygen atoms in total. The molecule has 14 heavy (non-hydrogen) atoms. The number of amides is 1. The molecule has 0 spiro atoms. The van der Waals surface area contributed by atoms with E-state index < -0.39 is 0 Å². The van der Waals surface area contributed by atoms with E-state index in [1.165, 1.54) is 0 Å². The van der Waals surface area contributed by atoms with Crippen molar-refractivity contribution in [1.82, 2.24) is 4.98 Å². The second-order valence-corrected chi connectivity index (χ2v) is 2.73. The van der Waals surface area contributed by atoms with Crippen LogP contribution in [0.1, 0.15) is 6.42 Å². The normalized spacial score (nSPS) is 9.50. The molecule has 76 valence electrons. The lowest BCUT2D eigenvalue weighted by Gasteiger charge is -2.04. The summed E-state index contributed by atoms with van der Waals surface area (Å²) in [6, 6.07) is 3.57. The second-order valence-electron chi connectivity index (χ2n) is 2.73. The predicted molar refractivity (Wildman–Crippen MR) is 53.1 cm³/mol. The van der Waals surface area contributed by atoms with Crippen LogP contribution in [-0.2, 0) is 4.79 Å². The third-order valence-corrected chi connectivity index (χ3v) is 1.65. The molecule has 0 aliphatic heterocycles. The highest BCUT2D eigenvalue weighted by Gasteiger charge is 1.96. The summed E-state index contributed by atoms with van der Waals surface area (Å²) in [7, 11) is 1.58. The van der Waals surface area contributed by atoms with Crippen molar-refractivity contribution >= 4 is 11.7 Å². The Morgan fingerprint density at radius 1 is 1.64 bits per heavy atom. The van der Waals surface area contributed by atoms with Crippen LogP contribution < -0.4 is 15.8 Å². The van der Waals surface area contributed by atoms with E-state index in [4.69, 9.17) is 10.5 Å². The first-order valence-electron chi connectivity index (χ1n) is 4.24. The summed E-state index contributed by atoms with van der Waals surface area (Å²) < 4.78 is 4.95. The molecular formula is C9H13N3O2. The number of aromatic nitrogens is 1. The lowest BCUT2D eigenvalue weighted by Crippen LogP contribution is -2.16. The van der Waals surface area contributed by atoms with E-state index in [1.54, 1.807) is 25.4 Å². The van der Waals surface area contributed by atoms with E-state index in [2.05, 4.69) is 10.3 Å². The molecule has 1 heterocycles.